The number of hydrogen-bond donors (Lipinski definition) is 1. The number of nitrogens with zero attached hydrogens (tertiary/aromatic N) is 2. The summed E-state index contributed by atoms with van der Waals surface area (Å²) in [4.78, 5) is 19.3. The second-order valence-electron chi connectivity index (χ2n) is 6.97. The summed E-state index contributed by atoms with van der Waals surface area (Å²) in [6, 6.07) is 17.3. The molecule has 1 aromatic heterocycles. The molecule has 0 bridgehead atoms. The van der Waals surface area contributed by atoms with E-state index in [2.05, 4.69) is 15.2 Å². The molecule has 0 unspecified atom stereocenters. The SMILES string of the molecule is Cc1ccccc1-c1ccc(C(=O)Nc2ccc(N3CCOCC3)c(Cl)c2)cn1. The molecule has 2 heterocycles. The molecule has 148 valence electrons. The van der Waals surface area contributed by atoms with Crippen LogP contribution >= 0.6 is 11.6 Å². The van der Waals surface area contributed by atoms with Gasteiger partial charge in [-0.1, -0.05) is 35.9 Å². The highest BCUT2D eigenvalue weighted by Crippen LogP contribution is 2.29. The van der Waals surface area contributed by atoms with Gasteiger partial charge in [-0.15, -0.1) is 0 Å². The monoisotopic (exact) mass is 407 g/mol. The molecule has 0 spiro atoms. The molecule has 3 aromatic rings. The van der Waals surface area contributed by atoms with Crippen molar-refractivity contribution in [3.05, 3.63) is 76.9 Å². The second kappa shape index (κ2) is 8.64. The fourth-order valence-electron chi connectivity index (χ4n) is 3.40. The summed E-state index contributed by atoms with van der Waals surface area (Å²) in [6.45, 7) is 5.05. The van der Waals surface area contributed by atoms with Crippen LogP contribution in [0.4, 0.5) is 11.4 Å². The van der Waals surface area contributed by atoms with Gasteiger partial charge in [0.2, 0.25) is 0 Å². The van der Waals surface area contributed by atoms with Crippen LogP contribution in [-0.4, -0.2) is 37.2 Å². The molecule has 0 atom stereocenters. The fourth-order valence-corrected chi connectivity index (χ4v) is 3.70. The summed E-state index contributed by atoms with van der Waals surface area (Å²) in [5.74, 6) is -0.218. The van der Waals surface area contributed by atoms with Crippen molar-refractivity contribution in [2.45, 2.75) is 6.92 Å². The van der Waals surface area contributed by atoms with Gasteiger partial charge in [0.05, 0.1) is 35.2 Å². The molecule has 1 aliphatic heterocycles. The Labute approximate surface area is 175 Å². The lowest BCUT2D eigenvalue weighted by Gasteiger charge is -2.29. The minimum absolute atomic E-state index is 0.218. The van der Waals surface area contributed by atoms with Crippen molar-refractivity contribution in [2.75, 3.05) is 36.5 Å². The van der Waals surface area contributed by atoms with E-state index in [0.29, 0.717) is 29.5 Å². The van der Waals surface area contributed by atoms with Gasteiger partial charge in [-0.3, -0.25) is 9.78 Å². The number of hydrogen-bond acceptors (Lipinski definition) is 4. The summed E-state index contributed by atoms with van der Waals surface area (Å²) in [7, 11) is 0. The van der Waals surface area contributed by atoms with E-state index in [-0.39, 0.29) is 5.91 Å². The Morgan fingerprint density at radius 1 is 1.10 bits per heavy atom. The molecule has 0 radical (unpaired) electrons. The highest BCUT2D eigenvalue weighted by molar-refractivity contribution is 6.33. The van der Waals surface area contributed by atoms with Crippen molar-refractivity contribution < 1.29 is 9.53 Å². The molecule has 5 nitrogen and oxygen atoms in total. The van der Waals surface area contributed by atoms with Crippen LogP contribution in [0, 0.1) is 6.92 Å². The van der Waals surface area contributed by atoms with E-state index in [1.165, 1.54) is 0 Å². The summed E-state index contributed by atoms with van der Waals surface area (Å²) < 4.78 is 5.38. The standard InChI is InChI=1S/C23H22ClN3O2/c1-16-4-2-3-5-19(16)21-8-6-17(15-25-21)23(28)26-18-7-9-22(20(24)14-18)27-10-12-29-13-11-27/h2-9,14-15H,10-13H2,1H3,(H,26,28). The molecule has 4 rings (SSSR count). The summed E-state index contributed by atoms with van der Waals surface area (Å²) >= 11 is 6.45. The molecule has 1 fully saturated rings. The molecule has 1 amide bonds. The normalized spacial score (nSPS) is 13.9. The Kier molecular flexibility index (Phi) is 5.79. The van der Waals surface area contributed by atoms with Crippen molar-refractivity contribution in [2.24, 2.45) is 0 Å². The first-order valence-corrected chi connectivity index (χ1v) is 9.95. The topological polar surface area (TPSA) is 54.5 Å². The molecule has 1 saturated heterocycles. The number of carbonyl (C=O) groups is 1. The smallest absolute Gasteiger partial charge is 0.257 e. The first kappa shape index (κ1) is 19.4. The first-order valence-electron chi connectivity index (χ1n) is 9.57. The van der Waals surface area contributed by atoms with E-state index >= 15 is 0 Å². The van der Waals surface area contributed by atoms with E-state index in [4.69, 9.17) is 16.3 Å². The molecular formula is C23H22ClN3O2. The Bertz CT molecular complexity index is 1010. The van der Waals surface area contributed by atoms with E-state index in [9.17, 15) is 4.79 Å². The van der Waals surface area contributed by atoms with Crippen molar-refractivity contribution in [3.8, 4) is 11.3 Å². The Balaban J connectivity index is 1.46. The van der Waals surface area contributed by atoms with Gasteiger partial charge in [0.1, 0.15) is 0 Å². The van der Waals surface area contributed by atoms with E-state index < -0.39 is 0 Å². The lowest BCUT2D eigenvalue weighted by Crippen LogP contribution is -2.36. The lowest BCUT2D eigenvalue weighted by molar-refractivity contribution is 0.102. The number of rotatable bonds is 4. The van der Waals surface area contributed by atoms with Gasteiger partial charge in [-0.2, -0.15) is 0 Å². The van der Waals surface area contributed by atoms with E-state index in [0.717, 1.165) is 35.6 Å². The number of anilines is 2. The number of amides is 1. The summed E-state index contributed by atoms with van der Waals surface area (Å²) in [5.41, 5.74) is 5.16. The average molecular weight is 408 g/mol. The van der Waals surface area contributed by atoms with Crippen LogP contribution in [-0.2, 0) is 4.74 Å². The van der Waals surface area contributed by atoms with Crippen molar-refractivity contribution in [1.29, 1.82) is 0 Å². The average Bonchev–Trinajstić information content (AvgIpc) is 2.75. The molecule has 29 heavy (non-hydrogen) atoms. The van der Waals surface area contributed by atoms with Gasteiger partial charge >= 0.3 is 0 Å². The number of halogens is 1. The third-order valence-electron chi connectivity index (χ3n) is 5.00. The number of benzene rings is 2. The number of pyridine rings is 1. The van der Waals surface area contributed by atoms with Crippen LogP contribution in [0.2, 0.25) is 5.02 Å². The molecule has 6 heteroatoms. The Morgan fingerprint density at radius 2 is 1.90 bits per heavy atom. The maximum atomic E-state index is 12.6. The molecule has 0 saturated carbocycles. The number of nitrogens with one attached hydrogen (secondary N) is 1. The molecule has 2 aromatic carbocycles. The Morgan fingerprint density at radius 3 is 2.59 bits per heavy atom. The minimum atomic E-state index is -0.218. The third kappa shape index (κ3) is 4.42. The van der Waals surface area contributed by atoms with E-state index in [1.54, 1.807) is 18.3 Å². The number of aryl methyl sites for hydroxylation is 1. The quantitative estimate of drug-likeness (QED) is 0.675. The number of carbonyl (C=O) groups excluding carboxylic acids is 1. The van der Waals surface area contributed by atoms with Gasteiger partial charge < -0.3 is 15.0 Å². The number of morpholine rings is 1. The van der Waals surface area contributed by atoms with Crippen molar-refractivity contribution >= 4 is 28.9 Å². The van der Waals surface area contributed by atoms with Crippen molar-refractivity contribution in [1.82, 2.24) is 4.98 Å². The van der Waals surface area contributed by atoms with Gasteiger partial charge in [-0.25, -0.2) is 0 Å². The van der Waals surface area contributed by atoms with E-state index in [1.807, 2.05) is 49.4 Å². The van der Waals surface area contributed by atoms with Crippen LogP contribution in [0.1, 0.15) is 15.9 Å². The summed E-state index contributed by atoms with van der Waals surface area (Å²) in [6.07, 6.45) is 1.60. The number of aromatic nitrogens is 1. The van der Waals surface area contributed by atoms with Gasteiger partial charge in [0, 0.05) is 30.5 Å². The lowest BCUT2D eigenvalue weighted by atomic mass is 10.0. The van der Waals surface area contributed by atoms with Gasteiger partial charge in [-0.05, 0) is 42.8 Å². The second-order valence-corrected chi connectivity index (χ2v) is 7.37. The first-order chi connectivity index (χ1) is 14.1. The summed E-state index contributed by atoms with van der Waals surface area (Å²) in [5, 5.41) is 3.50. The third-order valence-corrected chi connectivity index (χ3v) is 5.31. The molecule has 0 aliphatic carbocycles. The largest absolute Gasteiger partial charge is 0.378 e. The van der Waals surface area contributed by atoms with Crippen LogP contribution in [0.25, 0.3) is 11.3 Å². The van der Waals surface area contributed by atoms with Gasteiger partial charge in [0.25, 0.3) is 5.91 Å². The fraction of sp³-hybridized carbons (Fsp3) is 0.217. The predicted molar refractivity (Wildman–Crippen MR) is 117 cm³/mol. The zero-order valence-electron chi connectivity index (χ0n) is 16.2. The maximum Gasteiger partial charge on any atom is 0.257 e. The molecule has 1 aliphatic rings. The highest BCUT2D eigenvalue weighted by Gasteiger charge is 2.15. The Hall–Kier alpha value is -2.89. The highest BCUT2D eigenvalue weighted by atomic mass is 35.5. The zero-order chi connectivity index (χ0) is 20.2. The van der Waals surface area contributed by atoms with Crippen LogP contribution in [0.5, 0.6) is 0 Å². The number of ether oxygens (including phenoxy) is 1. The minimum Gasteiger partial charge on any atom is -0.378 e. The van der Waals surface area contributed by atoms with Crippen molar-refractivity contribution in [3.63, 3.8) is 0 Å². The molecular weight excluding hydrogens is 386 g/mol. The predicted octanol–water partition coefficient (Wildman–Crippen LogP) is 4.80. The molecule has 1 N–H and O–H groups in total. The van der Waals surface area contributed by atoms with Crippen LogP contribution in [0.15, 0.2) is 60.8 Å². The zero-order valence-corrected chi connectivity index (χ0v) is 16.9. The maximum absolute atomic E-state index is 12.6. The van der Waals surface area contributed by atoms with Crippen LogP contribution < -0.4 is 10.2 Å². The van der Waals surface area contributed by atoms with Gasteiger partial charge in [0.15, 0.2) is 0 Å². The van der Waals surface area contributed by atoms with Crippen LogP contribution in [0.3, 0.4) is 0 Å².